The molecule has 140 valence electrons. The van der Waals surface area contributed by atoms with Crippen LogP contribution in [0.4, 0.5) is 0 Å². The first kappa shape index (κ1) is 19.2. The van der Waals surface area contributed by atoms with E-state index in [1.165, 1.54) is 11.8 Å². The van der Waals surface area contributed by atoms with Gasteiger partial charge in [0.2, 0.25) is 11.1 Å². The van der Waals surface area contributed by atoms with Gasteiger partial charge in [0.05, 0.1) is 12.4 Å². The Balaban J connectivity index is 1.62. The molecule has 2 aromatic carbocycles. The van der Waals surface area contributed by atoms with E-state index in [0.717, 1.165) is 11.3 Å². The van der Waals surface area contributed by atoms with Crippen LogP contribution in [-0.4, -0.2) is 38.5 Å². The zero-order valence-electron chi connectivity index (χ0n) is 14.6. The number of carbonyl (C=O) groups is 1. The van der Waals surface area contributed by atoms with Crippen molar-refractivity contribution in [2.75, 3.05) is 12.4 Å². The van der Waals surface area contributed by atoms with Crippen molar-refractivity contribution in [1.29, 1.82) is 0 Å². The molecule has 0 atom stereocenters. The molecule has 1 aromatic heterocycles. The van der Waals surface area contributed by atoms with Crippen molar-refractivity contribution in [3.8, 4) is 11.4 Å². The second-order valence-electron chi connectivity index (χ2n) is 5.43. The molecule has 1 amide bonds. The van der Waals surface area contributed by atoms with Crippen LogP contribution in [0.15, 0.2) is 53.7 Å². The molecule has 0 aliphatic rings. The fourth-order valence-corrected chi connectivity index (χ4v) is 3.26. The van der Waals surface area contributed by atoms with Gasteiger partial charge in [0.25, 0.3) is 0 Å². The Bertz CT molecular complexity index is 918. The van der Waals surface area contributed by atoms with E-state index in [0.29, 0.717) is 29.1 Å². The Hall–Kier alpha value is -2.58. The molecular formula is C18H18ClN5O2S. The normalized spacial score (nSPS) is 10.6. The van der Waals surface area contributed by atoms with Crippen LogP contribution in [0.3, 0.4) is 0 Å². The highest BCUT2D eigenvalue weighted by atomic mass is 35.5. The van der Waals surface area contributed by atoms with Crippen molar-refractivity contribution in [3.63, 3.8) is 0 Å². The number of nitrogens with one attached hydrogen (secondary N) is 1. The Kier molecular flexibility index (Phi) is 6.67. The largest absolute Gasteiger partial charge is 0.492 e. The van der Waals surface area contributed by atoms with Crippen LogP contribution in [0.5, 0.6) is 5.75 Å². The molecule has 0 bridgehead atoms. The lowest BCUT2D eigenvalue weighted by atomic mass is 10.2. The zero-order valence-corrected chi connectivity index (χ0v) is 16.2. The number of thioether (sulfide) groups is 1. The number of hydrogen-bond acceptors (Lipinski definition) is 6. The van der Waals surface area contributed by atoms with Crippen molar-refractivity contribution in [2.45, 2.75) is 18.6 Å². The minimum absolute atomic E-state index is 0.132. The van der Waals surface area contributed by atoms with Crippen molar-refractivity contribution < 1.29 is 9.53 Å². The number of para-hydroxylation sites is 2. The number of amides is 1. The Labute approximate surface area is 166 Å². The van der Waals surface area contributed by atoms with E-state index in [-0.39, 0.29) is 11.7 Å². The highest BCUT2D eigenvalue weighted by molar-refractivity contribution is 7.99. The van der Waals surface area contributed by atoms with Crippen molar-refractivity contribution in [1.82, 2.24) is 25.5 Å². The Morgan fingerprint density at radius 3 is 2.81 bits per heavy atom. The molecule has 27 heavy (non-hydrogen) atoms. The summed E-state index contributed by atoms with van der Waals surface area (Å²) in [4.78, 5) is 12.2. The summed E-state index contributed by atoms with van der Waals surface area (Å²) in [5.41, 5.74) is 1.59. The summed E-state index contributed by atoms with van der Waals surface area (Å²) in [6.07, 6.45) is 0. The first-order valence-corrected chi connectivity index (χ1v) is 9.69. The summed E-state index contributed by atoms with van der Waals surface area (Å²) in [6.45, 7) is 2.82. The van der Waals surface area contributed by atoms with Gasteiger partial charge in [-0.1, -0.05) is 53.7 Å². The first-order valence-electron chi connectivity index (χ1n) is 8.32. The first-order chi connectivity index (χ1) is 13.2. The van der Waals surface area contributed by atoms with Crippen LogP contribution in [0.1, 0.15) is 12.5 Å². The SMILES string of the molecule is CCOc1ccccc1-n1nnnc1SCC(=O)NCc1ccccc1Cl. The molecule has 1 heterocycles. The summed E-state index contributed by atoms with van der Waals surface area (Å²) in [5, 5.41) is 15.7. The summed E-state index contributed by atoms with van der Waals surface area (Å²) in [7, 11) is 0. The van der Waals surface area contributed by atoms with Gasteiger partial charge in [0.1, 0.15) is 11.4 Å². The minimum Gasteiger partial charge on any atom is -0.492 e. The molecule has 0 aliphatic carbocycles. The fourth-order valence-electron chi connectivity index (χ4n) is 2.35. The fraction of sp³-hybridized carbons (Fsp3) is 0.222. The van der Waals surface area contributed by atoms with E-state index in [9.17, 15) is 4.79 Å². The van der Waals surface area contributed by atoms with Gasteiger partial charge in [0.15, 0.2) is 0 Å². The third-order valence-electron chi connectivity index (χ3n) is 3.60. The quantitative estimate of drug-likeness (QED) is 0.582. The summed E-state index contributed by atoms with van der Waals surface area (Å²) >= 11 is 7.35. The molecular weight excluding hydrogens is 386 g/mol. The predicted molar refractivity (Wildman–Crippen MR) is 104 cm³/mol. The number of benzene rings is 2. The monoisotopic (exact) mass is 403 g/mol. The summed E-state index contributed by atoms with van der Waals surface area (Å²) in [6, 6.07) is 14.9. The van der Waals surface area contributed by atoms with Gasteiger partial charge in [0, 0.05) is 11.6 Å². The van der Waals surface area contributed by atoms with Gasteiger partial charge < -0.3 is 10.1 Å². The molecule has 1 N–H and O–H groups in total. The maximum atomic E-state index is 12.2. The zero-order chi connectivity index (χ0) is 19.1. The number of nitrogens with zero attached hydrogens (tertiary/aromatic N) is 4. The number of carbonyl (C=O) groups excluding carboxylic acids is 1. The molecule has 0 aliphatic heterocycles. The van der Waals surface area contributed by atoms with E-state index in [1.807, 2.05) is 49.4 Å². The lowest BCUT2D eigenvalue weighted by Gasteiger charge is -2.10. The molecule has 0 saturated carbocycles. The summed E-state index contributed by atoms with van der Waals surface area (Å²) in [5.74, 6) is 0.728. The molecule has 7 nitrogen and oxygen atoms in total. The minimum atomic E-state index is -0.132. The van der Waals surface area contributed by atoms with Crippen molar-refractivity contribution in [2.24, 2.45) is 0 Å². The van der Waals surface area contributed by atoms with E-state index < -0.39 is 0 Å². The average molecular weight is 404 g/mol. The van der Waals surface area contributed by atoms with E-state index in [1.54, 1.807) is 10.7 Å². The Morgan fingerprint density at radius 1 is 1.22 bits per heavy atom. The number of rotatable bonds is 8. The van der Waals surface area contributed by atoms with Gasteiger partial charge in [-0.15, -0.1) is 5.10 Å². The second kappa shape index (κ2) is 9.38. The standard InChI is InChI=1S/C18H18ClN5O2S/c1-2-26-16-10-6-5-9-15(16)24-18(21-22-23-24)27-12-17(25)20-11-13-7-3-4-8-14(13)19/h3-10H,2,11-12H2,1H3,(H,20,25). The maximum absolute atomic E-state index is 12.2. The van der Waals surface area contributed by atoms with E-state index >= 15 is 0 Å². The molecule has 0 saturated heterocycles. The van der Waals surface area contributed by atoms with Gasteiger partial charge in [-0.2, -0.15) is 4.68 Å². The van der Waals surface area contributed by atoms with Crippen LogP contribution in [0.2, 0.25) is 5.02 Å². The lowest BCUT2D eigenvalue weighted by molar-refractivity contribution is -0.118. The number of halogens is 1. The Morgan fingerprint density at radius 2 is 2.00 bits per heavy atom. The van der Waals surface area contributed by atoms with Crippen molar-refractivity contribution >= 4 is 29.3 Å². The van der Waals surface area contributed by atoms with Crippen LogP contribution >= 0.6 is 23.4 Å². The number of aromatic nitrogens is 4. The number of hydrogen-bond donors (Lipinski definition) is 1. The van der Waals surface area contributed by atoms with Crippen LogP contribution in [0, 0.1) is 0 Å². The molecule has 9 heteroatoms. The third-order valence-corrected chi connectivity index (χ3v) is 4.89. The topological polar surface area (TPSA) is 81.9 Å². The third kappa shape index (κ3) is 4.99. The molecule has 3 rings (SSSR count). The van der Waals surface area contributed by atoms with Crippen molar-refractivity contribution in [3.05, 3.63) is 59.1 Å². The predicted octanol–water partition coefficient (Wildman–Crippen LogP) is 3.12. The van der Waals surface area contributed by atoms with Crippen LogP contribution in [0.25, 0.3) is 5.69 Å². The molecule has 0 fully saturated rings. The highest BCUT2D eigenvalue weighted by Gasteiger charge is 2.14. The maximum Gasteiger partial charge on any atom is 0.230 e. The average Bonchev–Trinajstić information content (AvgIpc) is 3.15. The second-order valence-corrected chi connectivity index (χ2v) is 6.78. The molecule has 0 radical (unpaired) electrons. The molecule has 0 spiro atoms. The van der Waals surface area contributed by atoms with Crippen LogP contribution in [-0.2, 0) is 11.3 Å². The van der Waals surface area contributed by atoms with Gasteiger partial charge >= 0.3 is 0 Å². The molecule has 3 aromatic rings. The van der Waals surface area contributed by atoms with Gasteiger partial charge in [-0.3, -0.25) is 4.79 Å². The molecule has 0 unspecified atom stereocenters. The van der Waals surface area contributed by atoms with E-state index in [2.05, 4.69) is 20.8 Å². The smallest absolute Gasteiger partial charge is 0.230 e. The number of tetrazole rings is 1. The lowest BCUT2D eigenvalue weighted by Crippen LogP contribution is -2.24. The summed E-state index contributed by atoms with van der Waals surface area (Å²) < 4.78 is 7.19. The van der Waals surface area contributed by atoms with Gasteiger partial charge in [-0.05, 0) is 41.1 Å². The van der Waals surface area contributed by atoms with E-state index in [4.69, 9.17) is 16.3 Å². The number of ether oxygens (including phenoxy) is 1. The highest BCUT2D eigenvalue weighted by Crippen LogP contribution is 2.25. The van der Waals surface area contributed by atoms with Crippen LogP contribution < -0.4 is 10.1 Å². The van der Waals surface area contributed by atoms with Gasteiger partial charge in [-0.25, -0.2) is 0 Å².